The van der Waals surface area contributed by atoms with E-state index >= 15 is 0 Å². The fourth-order valence-electron chi connectivity index (χ4n) is 2.11. The van der Waals surface area contributed by atoms with Crippen molar-refractivity contribution in [2.24, 2.45) is 0 Å². The van der Waals surface area contributed by atoms with Crippen molar-refractivity contribution in [2.75, 3.05) is 19.6 Å². The van der Waals surface area contributed by atoms with Crippen LogP contribution in [-0.2, 0) is 0 Å². The van der Waals surface area contributed by atoms with E-state index in [0.717, 1.165) is 0 Å². The average Bonchev–Trinajstić information content (AvgIpc) is 2.78. The third-order valence-electron chi connectivity index (χ3n) is 3.04. The molecular formula is C15H18N2O3. The predicted molar refractivity (Wildman–Crippen MR) is 78.6 cm³/mol. The van der Waals surface area contributed by atoms with Gasteiger partial charge in [-0.15, -0.1) is 13.2 Å². The summed E-state index contributed by atoms with van der Waals surface area (Å²) in [7, 11) is 0. The summed E-state index contributed by atoms with van der Waals surface area (Å²) in [5, 5.41) is 10.3. The number of aromatic nitrogens is 1. The highest BCUT2D eigenvalue weighted by atomic mass is 16.4. The van der Waals surface area contributed by atoms with Crippen molar-refractivity contribution < 1.29 is 9.52 Å². The van der Waals surface area contributed by atoms with Crippen molar-refractivity contribution in [3.8, 4) is 0 Å². The Bertz CT molecular complexity index is 646. The summed E-state index contributed by atoms with van der Waals surface area (Å²) in [4.78, 5) is 15.7. The van der Waals surface area contributed by atoms with E-state index in [2.05, 4.69) is 18.1 Å². The highest BCUT2D eigenvalue weighted by Gasteiger charge is 2.13. The van der Waals surface area contributed by atoms with Crippen LogP contribution in [-0.4, -0.2) is 34.6 Å². The molecule has 20 heavy (non-hydrogen) atoms. The van der Waals surface area contributed by atoms with Crippen molar-refractivity contribution in [3.05, 3.63) is 59.6 Å². The van der Waals surface area contributed by atoms with Crippen LogP contribution >= 0.6 is 0 Å². The fraction of sp³-hybridized carbons (Fsp3) is 0.267. The van der Waals surface area contributed by atoms with Gasteiger partial charge in [-0.25, -0.2) is 4.79 Å². The van der Waals surface area contributed by atoms with Gasteiger partial charge in [0.15, 0.2) is 5.58 Å². The van der Waals surface area contributed by atoms with Crippen LogP contribution in [0, 0.1) is 0 Å². The van der Waals surface area contributed by atoms with E-state index < -0.39 is 11.9 Å². The molecule has 0 amide bonds. The number of H-pyrrole nitrogens is 1. The number of rotatable bonds is 7. The lowest BCUT2D eigenvalue weighted by Crippen LogP contribution is -2.29. The largest absolute Gasteiger partial charge is 0.417 e. The SMILES string of the molecule is C=CCN(CC=C)CC(O)c1ccc2[nH]c(=O)oc2c1. The summed E-state index contributed by atoms with van der Waals surface area (Å²) >= 11 is 0. The van der Waals surface area contributed by atoms with Gasteiger partial charge in [0.1, 0.15) is 0 Å². The van der Waals surface area contributed by atoms with Crippen LogP contribution in [0.5, 0.6) is 0 Å². The van der Waals surface area contributed by atoms with E-state index in [1.165, 1.54) is 0 Å². The number of oxazole rings is 1. The molecule has 0 saturated heterocycles. The monoisotopic (exact) mass is 274 g/mol. The first-order valence-corrected chi connectivity index (χ1v) is 6.39. The molecule has 0 saturated carbocycles. The van der Waals surface area contributed by atoms with Crippen LogP contribution in [0.25, 0.3) is 11.1 Å². The summed E-state index contributed by atoms with van der Waals surface area (Å²) in [5.74, 6) is -0.494. The van der Waals surface area contributed by atoms with Gasteiger partial charge in [0.2, 0.25) is 0 Å². The highest BCUT2D eigenvalue weighted by molar-refractivity contribution is 5.72. The van der Waals surface area contributed by atoms with Crippen molar-refractivity contribution in [1.29, 1.82) is 0 Å². The number of nitrogens with zero attached hydrogens (tertiary/aromatic N) is 1. The summed E-state index contributed by atoms with van der Waals surface area (Å²) in [6.07, 6.45) is 2.90. The molecule has 0 aliphatic carbocycles. The molecule has 1 aromatic heterocycles. The van der Waals surface area contributed by atoms with E-state index in [9.17, 15) is 9.90 Å². The molecule has 0 spiro atoms. The number of aromatic amines is 1. The number of hydrogen-bond donors (Lipinski definition) is 2. The first-order chi connectivity index (χ1) is 9.63. The molecule has 106 valence electrons. The van der Waals surface area contributed by atoms with Gasteiger partial charge in [-0.3, -0.25) is 9.88 Å². The molecule has 5 nitrogen and oxygen atoms in total. The molecular weight excluding hydrogens is 256 g/mol. The lowest BCUT2D eigenvalue weighted by Gasteiger charge is -2.22. The summed E-state index contributed by atoms with van der Waals surface area (Å²) < 4.78 is 4.99. The Morgan fingerprint density at radius 1 is 1.35 bits per heavy atom. The number of aliphatic hydroxyl groups is 1. The first-order valence-electron chi connectivity index (χ1n) is 6.39. The van der Waals surface area contributed by atoms with Gasteiger partial charge in [-0.2, -0.15) is 0 Å². The van der Waals surface area contributed by atoms with Crippen LogP contribution in [0.3, 0.4) is 0 Å². The molecule has 2 rings (SSSR count). The Kier molecular flexibility index (Phi) is 4.55. The number of hydrogen-bond acceptors (Lipinski definition) is 4. The summed E-state index contributed by atoms with van der Waals surface area (Å²) in [5.41, 5.74) is 1.78. The van der Waals surface area contributed by atoms with Crippen molar-refractivity contribution in [2.45, 2.75) is 6.10 Å². The van der Waals surface area contributed by atoms with Gasteiger partial charge in [0, 0.05) is 19.6 Å². The van der Waals surface area contributed by atoms with Crippen molar-refractivity contribution in [1.82, 2.24) is 9.88 Å². The number of aliphatic hydroxyl groups excluding tert-OH is 1. The first kappa shape index (κ1) is 14.3. The van der Waals surface area contributed by atoms with E-state index in [-0.39, 0.29) is 0 Å². The van der Waals surface area contributed by atoms with E-state index in [4.69, 9.17) is 4.42 Å². The van der Waals surface area contributed by atoms with Gasteiger partial charge in [0.05, 0.1) is 11.6 Å². The van der Waals surface area contributed by atoms with E-state index in [1.807, 2.05) is 4.90 Å². The highest BCUT2D eigenvalue weighted by Crippen LogP contribution is 2.19. The maximum Gasteiger partial charge on any atom is 0.417 e. The zero-order chi connectivity index (χ0) is 14.5. The smallest absolute Gasteiger partial charge is 0.408 e. The minimum atomic E-state index is -0.667. The van der Waals surface area contributed by atoms with Gasteiger partial charge in [-0.1, -0.05) is 18.2 Å². The molecule has 0 aliphatic heterocycles. The lowest BCUT2D eigenvalue weighted by molar-refractivity contribution is 0.125. The average molecular weight is 274 g/mol. The lowest BCUT2D eigenvalue weighted by atomic mass is 10.1. The second kappa shape index (κ2) is 6.36. The fourth-order valence-corrected chi connectivity index (χ4v) is 2.11. The number of benzene rings is 1. The zero-order valence-corrected chi connectivity index (χ0v) is 11.2. The molecule has 0 aliphatic rings. The van der Waals surface area contributed by atoms with Crippen molar-refractivity contribution >= 4 is 11.1 Å². The van der Waals surface area contributed by atoms with Crippen LogP contribution < -0.4 is 5.76 Å². The maximum atomic E-state index is 11.1. The standard InChI is InChI=1S/C15H18N2O3/c1-3-7-17(8-4-2)10-13(18)11-5-6-12-14(9-11)20-15(19)16-12/h3-6,9,13,18H,1-2,7-8,10H2,(H,16,19). The minimum absolute atomic E-state index is 0.450. The molecule has 1 unspecified atom stereocenters. The molecule has 1 atom stereocenters. The Hall–Kier alpha value is -2.11. The molecule has 1 heterocycles. The third kappa shape index (κ3) is 3.26. The number of nitrogens with one attached hydrogen (secondary N) is 1. The zero-order valence-electron chi connectivity index (χ0n) is 11.2. The Morgan fingerprint density at radius 3 is 2.70 bits per heavy atom. The van der Waals surface area contributed by atoms with Gasteiger partial charge in [-0.05, 0) is 17.7 Å². The maximum absolute atomic E-state index is 11.1. The molecule has 5 heteroatoms. The normalized spacial score (nSPS) is 12.7. The van der Waals surface area contributed by atoms with E-state index in [1.54, 1.807) is 30.4 Å². The Balaban J connectivity index is 2.16. The molecule has 2 aromatic rings. The summed E-state index contributed by atoms with van der Waals surface area (Å²) in [6.45, 7) is 9.19. The molecule has 0 fully saturated rings. The second-order valence-electron chi connectivity index (χ2n) is 4.58. The van der Waals surface area contributed by atoms with E-state index in [0.29, 0.717) is 36.3 Å². The predicted octanol–water partition coefficient (Wildman–Crippen LogP) is 1.83. The van der Waals surface area contributed by atoms with Crippen LogP contribution in [0.15, 0.2) is 52.7 Å². The quantitative estimate of drug-likeness (QED) is 0.756. The van der Waals surface area contributed by atoms with Crippen LogP contribution in [0.4, 0.5) is 0 Å². The number of fused-ring (bicyclic) bond motifs is 1. The second-order valence-corrected chi connectivity index (χ2v) is 4.58. The van der Waals surface area contributed by atoms with Crippen LogP contribution in [0.1, 0.15) is 11.7 Å². The van der Waals surface area contributed by atoms with Crippen LogP contribution in [0.2, 0.25) is 0 Å². The molecule has 0 bridgehead atoms. The molecule has 0 radical (unpaired) electrons. The Morgan fingerprint density at radius 2 is 2.05 bits per heavy atom. The van der Waals surface area contributed by atoms with Gasteiger partial charge in [0.25, 0.3) is 0 Å². The molecule has 1 aromatic carbocycles. The minimum Gasteiger partial charge on any atom is -0.408 e. The Labute approximate surface area is 116 Å². The topological polar surface area (TPSA) is 69.5 Å². The van der Waals surface area contributed by atoms with Gasteiger partial charge >= 0.3 is 5.76 Å². The summed E-state index contributed by atoms with van der Waals surface area (Å²) in [6, 6.07) is 5.18. The van der Waals surface area contributed by atoms with Crippen molar-refractivity contribution in [3.63, 3.8) is 0 Å². The molecule has 2 N–H and O–H groups in total. The third-order valence-corrected chi connectivity index (χ3v) is 3.04. The van der Waals surface area contributed by atoms with Gasteiger partial charge < -0.3 is 9.52 Å².